The molecule has 1 amide bonds. The second-order valence-corrected chi connectivity index (χ2v) is 10.00. The first-order valence-corrected chi connectivity index (χ1v) is 13.5. The minimum atomic E-state index is -0.146. The molecule has 8 nitrogen and oxygen atoms in total. The van der Waals surface area contributed by atoms with Gasteiger partial charge in [0.2, 0.25) is 5.91 Å². The summed E-state index contributed by atoms with van der Waals surface area (Å²) >= 11 is 6.55. The highest BCUT2D eigenvalue weighted by Crippen LogP contribution is 2.38. The van der Waals surface area contributed by atoms with Gasteiger partial charge in [0.05, 0.1) is 51.4 Å². The summed E-state index contributed by atoms with van der Waals surface area (Å²) in [4.78, 5) is 17.6. The molecule has 0 saturated carbocycles. The molecule has 4 aromatic rings. The monoisotopic (exact) mass is 564 g/mol. The normalized spacial score (nSPS) is 11.8. The van der Waals surface area contributed by atoms with Crippen molar-refractivity contribution in [1.29, 1.82) is 0 Å². The maximum Gasteiger partial charge on any atom is 0.241 e. The van der Waals surface area contributed by atoms with E-state index in [1.165, 1.54) is 0 Å². The van der Waals surface area contributed by atoms with Gasteiger partial charge in [-0.15, -0.1) is 0 Å². The number of aromatic nitrogens is 2. The molecule has 1 radical (unpaired) electrons. The van der Waals surface area contributed by atoms with E-state index < -0.39 is 0 Å². The van der Waals surface area contributed by atoms with Crippen LogP contribution in [0.25, 0.3) is 5.65 Å². The Labute approximate surface area is 240 Å². The number of carbonyl (C=O) groups excluding carboxylic acids is 1. The Morgan fingerprint density at radius 2 is 1.75 bits per heavy atom. The second-order valence-electron chi connectivity index (χ2n) is 9.62. The van der Waals surface area contributed by atoms with Gasteiger partial charge < -0.3 is 23.3 Å². The molecule has 1 unspecified atom stereocenters. The molecule has 2 aromatic heterocycles. The van der Waals surface area contributed by atoms with Crippen molar-refractivity contribution >= 4 is 23.2 Å². The van der Waals surface area contributed by atoms with Crippen LogP contribution in [0.1, 0.15) is 42.3 Å². The SMILES string of the molecule is COc1ccc(OC)c(Cc2c(C[N]C(=O)CCC(C)Cc3ccc(OC)c(OC)c3Cl)nc3ccccn23)c1. The summed E-state index contributed by atoms with van der Waals surface area (Å²) in [7, 11) is 6.43. The average molecular weight is 565 g/mol. The highest BCUT2D eigenvalue weighted by atomic mass is 35.5. The van der Waals surface area contributed by atoms with Crippen LogP contribution in [0.4, 0.5) is 0 Å². The molecule has 2 heterocycles. The molecule has 2 aromatic carbocycles. The Balaban J connectivity index is 1.41. The maximum atomic E-state index is 12.8. The van der Waals surface area contributed by atoms with Crippen LogP contribution in [0.15, 0.2) is 54.7 Å². The number of methoxy groups -OCH3 is 4. The molecule has 0 bridgehead atoms. The van der Waals surface area contributed by atoms with Crippen molar-refractivity contribution in [3.63, 3.8) is 0 Å². The number of rotatable bonds is 13. The van der Waals surface area contributed by atoms with Gasteiger partial charge in [0.25, 0.3) is 0 Å². The summed E-state index contributed by atoms with van der Waals surface area (Å²) in [6, 6.07) is 15.3. The van der Waals surface area contributed by atoms with Gasteiger partial charge in [-0.25, -0.2) is 10.3 Å². The van der Waals surface area contributed by atoms with Gasteiger partial charge in [0.15, 0.2) is 11.5 Å². The molecule has 1 atom stereocenters. The molecule has 9 heteroatoms. The highest BCUT2D eigenvalue weighted by Gasteiger charge is 2.19. The van der Waals surface area contributed by atoms with E-state index in [0.717, 1.165) is 39.7 Å². The Morgan fingerprint density at radius 1 is 0.975 bits per heavy atom. The van der Waals surface area contributed by atoms with E-state index in [1.54, 1.807) is 28.4 Å². The number of halogens is 1. The molecule has 0 N–H and O–H groups in total. The van der Waals surface area contributed by atoms with Gasteiger partial charge in [0.1, 0.15) is 17.1 Å². The summed E-state index contributed by atoms with van der Waals surface area (Å²) in [5.41, 5.74) is 4.43. The molecule has 0 aliphatic heterocycles. The molecule has 0 saturated heterocycles. The van der Waals surface area contributed by atoms with Gasteiger partial charge in [0, 0.05) is 24.6 Å². The highest BCUT2D eigenvalue weighted by molar-refractivity contribution is 6.33. The predicted molar refractivity (Wildman–Crippen MR) is 155 cm³/mol. The number of hydrogen-bond acceptors (Lipinski definition) is 6. The van der Waals surface area contributed by atoms with Crippen LogP contribution in [0, 0.1) is 5.92 Å². The number of ether oxygens (including phenoxy) is 4. The minimum Gasteiger partial charge on any atom is -0.497 e. The largest absolute Gasteiger partial charge is 0.497 e. The smallest absolute Gasteiger partial charge is 0.241 e. The fraction of sp³-hybridized carbons (Fsp3) is 0.355. The average Bonchev–Trinajstić information content (AvgIpc) is 3.32. The van der Waals surface area contributed by atoms with Crippen LogP contribution in [0.3, 0.4) is 0 Å². The summed E-state index contributed by atoms with van der Waals surface area (Å²) < 4.78 is 23.8. The Kier molecular flexibility index (Phi) is 9.77. The van der Waals surface area contributed by atoms with E-state index in [2.05, 4.69) is 12.2 Å². The first-order valence-electron chi connectivity index (χ1n) is 13.1. The predicted octanol–water partition coefficient (Wildman–Crippen LogP) is 5.90. The third kappa shape index (κ3) is 6.62. The topological polar surface area (TPSA) is 85.4 Å². The molecule has 211 valence electrons. The van der Waals surface area contributed by atoms with Crippen LogP contribution in [0.5, 0.6) is 23.0 Å². The lowest BCUT2D eigenvalue weighted by Crippen LogP contribution is -2.17. The first kappa shape index (κ1) is 29.1. The number of imidazole rings is 1. The van der Waals surface area contributed by atoms with Crippen molar-refractivity contribution in [2.45, 2.75) is 39.2 Å². The van der Waals surface area contributed by atoms with E-state index in [9.17, 15) is 4.79 Å². The minimum absolute atomic E-state index is 0.146. The standard InChI is InChI=1S/C31H35ClN3O5/c1-20(16-21-10-12-27(39-4)31(40-5)30(21)32)9-14-29(36)33-19-24-25(35-15-7-6-8-28(35)34-24)18-22-17-23(37-2)11-13-26(22)38-3/h6-8,10-13,15,17,20H,9,14,16,18-19H2,1-5H3. The first-order chi connectivity index (χ1) is 19.4. The molecule has 40 heavy (non-hydrogen) atoms. The van der Waals surface area contributed by atoms with Crippen LogP contribution in [-0.2, 0) is 24.2 Å². The number of amides is 1. The summed E-state index contributed by atoms with van der Waals surface area (Å²) in [6.07, 6.45) is 4.26. The summed E-state index contributed by atoms with van der Waals surface area (Å²) in [5.74, 6) is 2.70. The third-order valence-corrected chi connectivity index (χ3v) is 7.36. The lowest BCUT2D eigenvalue weighted by molar-refractivity contribution is -0.121. The molecule has 0 aliphatic rings. The van der Waals surface area contributed by atoms with Gasteiger partial charge in [-0.05, 0) is 60.7 Å². The van der Waals surface area contributed by atoms with Crippen LogP contribution in [-0.4, -0.2) is 43.7 Å². The molecule has 0 aliphatic carbocycles. The van der Waals surface area contributed by atoms with E-state index in [4.69, 9.17) is 35.5 Å². The fourth-order valence-corrected chi connectivity index (χ4v) is 5.10. The van der Waals surface area contributed by atoms with Crippen LogP contribution < -0.4 is 24.3 Å². The molecule has 4 rings (SSSR count). The second kappa shape index (κ2) is 13.4. The van der Waals surface area contributed by atoms with Gasteiger partial charge in [-0.1, -0.05) is 30.7 Å². The quantitative estimate of drug-likeness (QED) is 0.201. The zero-order chi connectivity index (χ0) is 28.6. The van der Waals surface area contributed by atoms with Gasteiger partial charge in [-0.3, -0.25) is 4.79 Å². The van der Waals surface area contributed by atoms with E-state index in [-0.39, 0.29) is 18.4 Å². The van der Waals surface area contributed by atoms with Crippen molar-refractivity contribution < 1.29 is 23.7 Å². The maximum absolute atomic E-state index is 12.8. The summed E-state index contributed by atoms with van der Waals surface area (Å²) in [5, 5.41) is 4.92. The lowest BCUT2D eigenvalue weighted by atomic mass is 9.96. The number of fused-ring (bicyclic) bond motifs is 1. The van der Waals surface area contributed by atoms with Crippen molar-refractivity contribution in [3.8, 4) is 23.0 Å². The van der Waals surface area contributed by atoms with E-state index in [0.29, 0.717) is 42.2 Å². The molecular weight excluding hydrogens is 530 g/mol. The molecule has 0 spiro atoms. The lowest BCUT2D eigenvalue weighted by Gasteiger charge is -2.16. The summed E-state index contributed by atoms with van der Waals surface area (Å²) in [6.45, 7) is 2.31. The fourth-order valence-electron chi connectivity index (χ4n) is 4.79. The molecule has 0 fully saturated rings. The third-order valence-electron chi connectivity index (χ3n) is 6.95. The number of carbonyl (C=O) groups is 1. The van der Waals surface area contributed by atoms with Gasteiger partial charge in [-0.2, -0.15) is 0 Å². The number of nitrogens with zero attached hydrogens (tertiary/aromatic N) is 3. The Hall–Kier alpha value is -3.91. The van der Waals surface area contributed by atoms with E-state index >= 15 is 0 Å². The van der Waals surface area contributed by atoms with Crippen molar-refractivity contribution in [1.82, 2.24) is 14.7 Å². The Bertz CT molecular complexity index is 1470. The van der Waals surface area contributed by atoms with Gasteiger partial charge >= 0.3 is 0 Å². The number of hydrogen-bond donors (Lipinski definition) is 0. The van der Waals surface area contributed by atoms with Crippen molar-refractivity contribution in [3.05, 3.63) is 82.3 Å². The van der Waals surface area contributed by atoms with Crippen molar-refractivity contribution in [2.75, 3.05) is 28.4 Å². The van der Waals surface area contributed by atoms with E-state index in [1.807, 2.05) is 59.1 Å². The van der Waals surface area contributed by atoms with Crippen LogP contribution >= 0.6 is 11.6 Å². The molecular formula is C31H35ClN3O5. The van der Waals surface area contributed by atoms with Crippen LogP contribution in [0.2, 0.25) is 5.02 Å². The zero-order valence-electron chi connectivity index (χ0n) is 23.6. The zero-order valence-corrected chi connectivity index (χ0v) is 24.3. The number of pyridine rings is 1. The number of benzene rings is 2. The van der Waals surface area contributed by atoms with Crippen molar-refractivity contribution in [2.24, 2.45) is 5.92 Å². The Morgan fingerprint density at radius 3 is 2.48 bits per heavy atom.